The van der Waals surface area contributed by atoms with Crippen LogP contribution in [-0.4, -0.2) is 22.8 Å². The van der Waals surface area contributed by atoms with Gasteiger partial charge < -0.3 is 9.84 Å². The zero-order chi connectivity index (χ0) is 13.3. The average molecular weight is 257 g/mol. The number of fused-ring (bicyclic) bond motifs is 1. The predicted molar refractivity (Wildman–Crippen MR) is 74.9 cm³/mol. The van der Waals surface area contributed by atoms with Gasteiger partial charge in [0.2, 0.25) is 0 Å². The molecular weight excluding hydrogens is 238 g/mol. The van der Waals surface area contributed by atoms with Crippen LogP contribution in [0.3, 0.4) is 0 Å². The van der Waals surface area contributed by atoms with E-state index in [1.54, 1.807) is 13.3 Å². The highest BCUT2D eigenvalue weighted by molar-refractivity contribution is 5.85. The molecule has 1 aliphatic rings. The fraction of sp³-hybridized carbons (Fsp3) is 0.438. The molecule has 0 saturated heterocycles. The Morgan fingerprint density at radius 3 is 2.89 bits per heavy atom. The fourth-order valence-electron chi connectivity index (χ4n) is 2.95. The van der Waals surface area contributed by atoms with E-state index < -0.39 is 6.10 Å². The first-order valence-electron chi connectivity index (χ1n) is 6.80. The number of nitrogens with zero attached hydrogens (tertiary/aromatic N) is 1. The highest BCUT2D eigenvalue weighted by atomic mass is 16.5. The second kappa shape index (κ2) is 4.91. The van der Waals surface area contributed by atoms with Crippen LogP contribution >= 0.6 is 0 Å². The van der Waals surface area contributed by atoms with Gasteiger partial charge in [0.1, 0.15) is 0 Å². The molecule has 3 heteroatoms. The Bertz CT molecular complexity index is 567. The van der Waals surface area contributed by atoms with E-state index in [0.717, 1.165) is 29.2 Å². The zero-order valence-corrected chi connectivity index (χ0v) is 11.2. The lowest BCUT2D eigenvalue weighted by Gasteiger charge is -2.42. The van der Waals surface area contributed by atoms with E-state index in [1.165, 1.54) is 6.42 Å². The SMILES string of the molecule is COC1(CC(O)c2cccc3ccncc23)CCC1. The van der Waals surface area contributed by atoms with Crippen molar-refractivity contribution in [1.82, 2.24) is 4.98 Å². The van der Waals surface area contributed by atoms with E-state index >= 15 is 0 Å². The molecule has 1 saturated carbocycles. The van der Waals surface area contributed by atoms with Crippen molar-refractivity contribution < 1.29 is 9.84 Å². The Kier molecular flexibility index (Phi) is 3.25. The summed E-state index contributed by atoms with van der Waals surface area (Å²) in [5, 5.41) is 12.7. The molecule has 100 valence electrons. The molecule has 1 heterocycles. The molecule has 1 N–H and O–H groups in total. The average Bonchev–Trinajstić information content (AvgIpc) is 2.42. The Morgan fingerprint density at radius 2 is 2.21 bits per heavy atom. The minimum atomic E-state index is -0.492. The summed E-state index contributed by atoms with van der Waals surface area (Å²) in [6, 6.07) is 7.99. The Hall–Kier alpha value is -1.45. The third-order valence-corrected chi connectivity index (χ3v) is 4.34. The molecule has 1 unspecified atom stereocenters. The molecule has 0 aliphatic heterocycles. The van der Waals surface area contributed by atoms with Gasteiger partial charge in [-0.3, -0.25) is 4.98 Å². The maximum Gasteiger partial charge on any atom is 0.0824 e. The Labute approximate surface area is 113 Å². The first-order valence-corrected chi connectivity index (χ1v) is 6.80. The summed E-state index contributed by atoms with van der Waals surface area (Å²) >= 11 is 0. The summed E-state index contributed by atoms with van der Waals surface area (Å²) in [5.41, 5.74) is 0.831. The topological polar surface area (TPSA) is 42.4 Å². The molecule has 1 aromatic carbocycles. The predicted octanol–water partition coefficient (Wildman–Crippen LogP) is 3.23. The van der Waals surface area contributed by atoms with Crippen molar-refractivity contribution in [2.24, 2.45) is 0 Å². The van der Waals surface area contributed by atoms with Crippen molar-refractivity contribution in [3.63, 3.8) is 0 Å². The van der Waals surface area contributed by atoms with Gasteiger partial charge in [-0.15, -0.1) is 0 Å². The summed E-state index contributed by atoms with van der Waals surface area (Å²) in [5.74, 6) is 0. The molecule has 0 radical (unpaired) electrons. The van der Waals surface area contributed by atoms with Gasteiger partial charge in [-0.25, -0.2) is 0 Å². The number of pyridine rings is 1. The van der Waals surface area contributed by atoms with Crippen molar-refractivity contribution in [2.45, 2.75) is 37.4 Å². The smallest absolute Gasteiger partial charge is 0.0824 e. The molecule has 1 aliphatic carbocycles. The minimum Gasteiger partial charge on any atom is -0.388 e. The van der Waals surface area contributed by atoms with Gasteiger partial charge in [-0.05, 0) is 36.3 Å². The van der Waals surface area contributed by atoms with Crippen molar-refractivity contribution in [3.8, 4) is 0 Å². The summed E-state index contributed by atoms with van der Waals surface area (Å²) < 4.78 is 5.60. The quantitative estimate of drug-likeness (QED) is 0.914. The third kappa shape index (κ3) is 2.24. The summed E-state index contributed by atoms with van der Waals surface area (Å²) in [6.07, 6.45) is 7.06. The molecule has 1 fully saturated rings. The number of aliphatic hydroxyl groups is 1. The molecule has 3 nitrogen and oxygen atoms in total. The molecular formula is C16H19NO2. The Morgan fingerprint density at radius 1 is 1.37 bits per heavy atom. The molecule has 0 bridgehead atoms. The number of ether oxygens (including phenoxy) is 1. The first kappa shape index (κ1) is 12.6. The van der Waals surface area contributed by atoms with E-state index in [4.69, 9.17) is 4.74 Å². The van der Waals surface area contributed by atoms with Gasteiger partial charge in [0.15, 0.2) is 0 Å². The van der Waals surface area contributed by atoms with E-state index in [9.17, 15) is 5.11 Å². The third-order valence-electron chi connectivity index (χ3n) is 4.34. The van der Waals surface area contributed by atoms with Gasteiger partial charge in [-0.1, -0.05) is 18.2 Å². The molecule has 0 amide bonds. The van der Waals surface area contributed by atoms with Gasteiger partial charge in [0, 0.05) is 31.3 Å². The van der Waals surface area contributed by atoms with Crippen molar-refractivity contribution in [1.29, 1.82) is 0 Å². The molecule has 3 rings (SSSR count). The number of methoxy groups -OCH3 is 1. The molecule has 2 aromatic rings. The lowest BCUT2D eigenvalue weighted by Crippen LogP contribution is -2.40. The molecule has 1 aromatic heterocycles. The summed E-state index contributed by atoms with van der Waals surface area (Å²) in [6.45, 7) is 0. The summed E-state index contributed by atoms with van der Waals surface area (Å²) in [4.78, 5) is 4.16. The van der Waals surface area contributed by atoms with Gasteiger partial charge in [0.05, 0.1) is 11.7 Å². The van der Waals surface area contributed by atoms with Crippen LogP contribution < -0.4 is 0 Å². The highest BCUT2D eigenvalue weighted by Gasteiger charge is 2.39. The monoisotopic (exact) mass is 257 g/mol. The summed E-state index contributed by atoms with van der Waals surface area (Å²) in [7, 11) is 1.75. The number of hydrogen-bond donors (Lipinski definition) is 1. The zero-order valence-electron chi connectivity index (χ0n) is 11.2. The molecule has 0 spiro atoms. The van der Waals surface area contributed by atoms with Crippen molar-refractivity contribution in [2.75, 3.05) is 7.11 Å². The van der Waals surface area contributed by atoms with Crippen LogP contribution in [0.4, 0.5) is 0 Å². The maximum atomic E-state index is 10.5. The normalized spacial score (nSPS) is 19.1. The van der Waals surface area contributed by atoms with Gasteiger partial charge in [0.25, 0.3) is 0 Å². The van der Waals surface area contributed by atoms with E-state index in [2.05, 4.69) is 4.98 Å². The number of rotatable bonds is 4. The van der Waals surface area contributed by atoms with Crippen molar-refractivity contribution >= 4 is 10.8 Å². The van der Waals surface area contributed by atoms with Gasteiger partial charge in [-0.2, -0.15) is 0 Å². The number of aliphatic hydroxyl groups excluding tert-OH is 1. The second-order valence-corrected chi connectivity index (χ2v) is 5.40. The van der Waals surface area contributed by atoms with Crippen LogP contribution in [0.2, 0.25) is 0 Å². The van der Waals surface area contributed by atoms with Crippen LogP contribution in [0.25, 0.3) is 10.8 Å². The lowest BCUT2D eigenvalue weighted by molar-refractivity contribution is -0.0997. The van der Waals surface area contributed by atoms with Crippen LogP contribution in [0.5, 0.6) is 0 Å². The fourth-order valence-corrected chi connectivity index (χ4v) is 2.95. The number of benzene rings is 1. The van der Waals surface area contributed by atoms with Gasteiger partial charge >= 0.3 is 0 Å². The molecule has 19 heavy (non-hydrogen) atoms. The van der Waals surface area contributed by atoms with E-state index in [0.29, 0.717) is 6.42 Å². The first-order chi connectivity index (χ1) is 9.24. The maximum absolute atomic E-state index is 10.5. The van der Waals surface area contributed by atoms with E-state index in [1.807, 2.05) is 30.5 Å². The minimum absolute atomic E-state index is 0.121. The number of aromatic nitrogens is 1. The van der Waals surface area contributed by atoms with Crippen LogP contribution in [0.1, 0.15) is 37.4 Å². The van der Waals surface area contributed by atoms with Crippen LogP contribution in [-0.2, 0) is 4.74 Å². The van der Waals surface area contributed by atoms with Crippen LogP contribution in [0, 0.1) is 0 Å². The Balaban J connectivity index is 1.91. The second-order valence-electron chi connectivity index (χ2n) is 5.40. The van der Waals surface area contributed by atoms with Crippen LogP contribution in [0.15, 0.2) is 36.7 Å². The van der Waals surface area contributed by atoms with E-state index in [-0.39, 0.29) is 5.60 Å². The van der Waals surface area contributed by atoms with Crippen molar-refractivity contribution in [3.05, 3.63) is 42.2 Å². The lowest BCUT2D eigenvalue weighted by atomic mass is 9.75. The standard InChI is InChI=1S/C16H19NO2/c1-19-16(7-3-8-16)10-15(18)13-5-2-4-12-6-9-17-11-14(12)13/h2,4-6,9,11,15,18H,3,7-8,10H2,1H3. The largest absolute Gasteiger partial charge is 0.388 e. The number of hydrogen-bond acceptors (Lipinski definition) is 3. The molecule has 1 atom stereocenters. The highest BCUT2D eigenvalue weighted by Crippen LogP contribution is 2.42.